The van der Waals surface area contributed by atoms with Gasteiger partial charge in [0.05, 0.1) is 17.9 Å². The van der Waals surface area contributed by atoms with E-state index in [9.17, 15) is 9.59 Å². The van der Waals surface area contributed by atoms with Crippen molar-refractivity contribution >= 4 is 28.9 Å². The highest BCUT2D eigenvalue weighted by molar-refractivity contribution is 7.12. The van der Waals surface area contributed by atoms with Crippen LogP contribution in [-0.4, -0.2) is 18.5 Å². The number of hydrogen-bond acceptors (Lipinski definition) is 4. The van der Waals surface area contributed by atoms with Crippen molar-refractivity contribution < 1.29 is 14.3 Å². The second-order valence-corrected chi connectivity index (χ2v) is 5.06. The van der Waals surface area contributed by atoms with Gasteiger partial charge in [-0.1, -0.05) is 18.2 Å². The van der Waals surface area contributed by atoms with Crippen molar-refractivity contribution in [3.05, 3.63) is 52.2 Å². The molecule has 0 atom stereocenters. The van der Waals surface area contributed by atoms with Gasteiger partial charge in [-0.2, -0.15) is 0 Å². The number of benzene rings is 1. The minimum absolute atomic E-state index is 0.127. The van der Waals surface area contributed by atoms with Crippen LogP contribution in [0, 0.1) is 0 Å². The molecule has 1 N–H and O–H groups in total. The van der Waals surface area contributed by atoms with Crippen molar-refractivity contribution in [1.82, 2.24) is 0 Å². The maximum atomic E-state index is 11.8. The van der Waals surface area contributed by atoms with Crippen LogP contribution in [0.25, 0.3) is 0 Å². The van der Waals surface area contributed by atoms with Crippen LogP contribution in [0.4, 0.5) is 5.69 Å². The smallest absolute Gasteiger partial charge is 0.310 e. The molecule has 0 aliphatic heterocycles. The van der Waals surface area contributed by atoms with Crippen LogP contribution in [0.15, 0.2) is 41.8 Å². The zero-order valence-corrected chi connectivity index (χ0v) is 11.9. The second kappa shape index (κ2) is 6.86. The molecule has 4 nitrogen and oxygen atoms in total. The fourth-order valence-corrected chi connectivity index (χ4v) is 2.30. The summed E-state index contributed by atoms with van der Waals surface area (Å²) < 4.78 is 4.88. The molecule has 1 aromatic heterocycles. The third-order valence-corrected chi connectivity index (χ3v) is 3.48. The lowest BCUT2D eigenvalue weighted by Gasteiger charge is -2.05. The van der Waals surface area contributed by atoms with Crippen molar-refractivity contribution in [3.8, 4) is 0 Å². The first-order valence-electron chi connectivity index (χ1n) is 6.28. The average molecular weight is 289 g/mol. The lowest BCUT2D eigenvalue weighted by molar-refractivity contribution is -0.142. The van der Waals surface area contributed by atoms with E-state index >= 15 is 0 Å². The Kier molecular flexibility index (Phi) is 4.90. The van der Waals surface area contributed by atoms with Crippen molar-refractivity contribution in [2.75, 3.05) is 11.9 Å². The summed E-state index contributed by atoms with van der Waals surface area (Å²) in [6.45, 7) is 2.16. The van der Waals surface area contributed by atoms with Gasteiger partial charge in [-0.15, -0.1) is 11.3 Å². The van der Waals surface area contributed by atoms with Gasteiger partial charge in [0.25, 0.3) is 5.91 Å². The van der Waals surface area contributed by atoms with Gasteiger partial charge in [-0.25, -0.2) is 0 Å². The predicted molar refractivity (Wildman–Crippen MR) is 79.1 cm³/mol. The molecule has 0 bridgehead atoms. The van der Waals surface area contributed by atoms with Gasteiger partial charge in [0.2, 0.25) is 0 Å². The zero-order chi connectivity index (χ0) is 14.4. The Labute approximate surface area is 121 Å². The van der Waals surface area contributed by atoms with E-state index in [1.807, 2.05) is 11.4 Å². The molecule has 0 saturated carbocycles. The van der Waals surface area contributed by atoms with Crippen LogP contribution in [0.5, 0.6) is 0 Å². The Morgan fingerprint density at radius 1 is 1.20 bits per heavy atom. The number of ether oxygens (including phenoxy) is 1. The largest absolute Gasteiger partial charge is 0.466 e. The van der Waals surface area contributed by atoms with Crippen LogP contribution in [-0.2, 0) is 16.0 Å². The SMILES string of the molecule is CCOC(=O)Cc1ccc(NC(=O)c2cccs2)cc1. The van der Waals surface area contributed by atoms with Gasteiger partial charge in [-0.05, 0) is 36.1 Å². The van der Waals surface area contributed by atoms with E-state index in [1.165, 1.54) is 11.3 Å². The highest BCUT2D eigenvalue weighted by Gasteiger charge is 2.07. The monoisotopic (exact) mass is 289 g/mol. The summed E-state index contributed by atoms with van der Waals surface area (Å²) in [7, 11) is 0. The number of rotatable bonds is 5. The topological polar surface area (TPSA) is 55.4 Å². The van der Waals surface area contributed by atoms with Crippen LogP contribution < -0.4 is 5.32 Å². The standard InChI is InChI=1S/C15H15NO3S/c1-2-19-14(17)10-11-5-7-12(8-6-11)16-15(18)13-4-3-9-20-13/h3-9H,2,10H2,1H3,(H,16,18). The van der Waals surface area contributed by atoms with Gasteiger partial charge in [0.15, 0.2) is 0 Å². The van der Waals surface area contributed by atoms with Gasteiger partial charge >= 0.3 is 5.97 Å². The van der Waals surface area contributed by atoms with E-state index in [1.54, 1.807) is 37.3 Å². The molecule has 0 unspecified atom stereocenters. The molecule has 5 heteroatoms. The maximum Gasteiger partial charge on any atom is 0.310 e. The Morgan fingerprint density at radius 2 is 1.95 bits per heavy atom. The van der Waals surface area contributed by atoms with Crippen LogP contribution >= 0.6 is 11.3 Å². The number of thiophene rings is 1. The molecule has 2 rings (SSSR count). The number of amides is 1. The number of nitrogens with one attached hydrogen (secondary N) is 1. The first-order valence-corrected chi connectivity index (χ1v) is 7.16. The molecule has 1 aromatic carbocycles. The molecule has 0 spiro atoms. The molecule has 2 aromatic rings. The Balaban J connectivity index is 1.95. The first kappa shape index (κ1) is 14.3. The Morgan fingerprint density at radius 3 is 2.55 bits per heavy atom. The molecular formula is C15H15NO3S. The Hall–Kier alpha value is -2.14. The molecule has 0 aliphatic carbocycles. The number of carbonyl (C=O) groups is 2. The molecule has 104 valence electrons. The number of esters is 1. The summed E-state index contributed by atoms with van der Waals surface area (Å²) in [6, 6.07) is 10.8. The molecule has 1 heterocycles. The van der Waals surface area contributed by atoms with Gasteiger partial charge in [0.1, 0.15) is 0 Å². The summed E-state index contributed by atoms with van der Waals surface area (Å²) in [5.41, 5.74) is 1.56. The minimum Gasteiger partial charge on any atom is -0.466 e. The lowest BCUT2D eigenvalue weighted by Crippen LogP contribution is -2.10. The van der Waals surface area contributed by atoms with Gasteiger partial charge < -0.3 is 10.1 Å². The van der Waals surface area contributed by atoms with E-state index in [4.69, 9.17) is 4.74 Å². The normalized spacial score (nSPS) is 10.1. The molecule has 0 saturated heterocycles. The molecule has 0 radical (unpaired) electrons. The third-order valence-electron chi connectivity index (χ3n) is 2.61. The Bertz CT molecular complexity index is 576. The van der Waals surface area contributed by atoms with Crippen molar-refractivity contribution in [1.29, 1.82) is 0 Å². The number of anilines is 1. The van der Waals surface area contributed by atoms with Gasteiger partial charge in [0, 0.05) is 5.69 Å². The van der Waals surface area contributed by atoms with Crippen LogP contribution in [0.1, 0.15) is 22.2 Å². The molecule has 0 aliphatic rings. The van der Waals surface area contributed by atoms with E-state index in [0.29, 0.717) is 17.2 Å². The van der Waals surface area contributed by atoms with Crippen molar-refractivity contribution in [2.45, 2.75) is 13.3 Å². The zero-order valence-electron chi connectivity index (χ0n) is 11.1. The number of carbonyl (C=O) groups excluding carboxylic acids is 2. The van der Waals surface area contributed by atoms with E-state index in [2.05, 4.69) is 5.32 Å². The maximum absolute atomic E-state index is 11.8. The summed E-state index contributed by atoms with van der Waals surface area (Å²) in [5.74, 6) is -0.374. The summed E-state index contributed by atoms with van der Waals surface area (Å²) in [4.78, 5) is 23.9. The molecule has 0 fully saturated rings. The average Bonchev–Trinajstić information content (AvgIpc) is 2.95. The van der Waals surface area contributed by atoms with Crippen molar-refractivity contribution in [2.24, 2.45) is 0 Å². The van der Waals surface area contributed by atoms with E-state index < -0.39 is 0 Å². The summed E-state index contributed by atoms with van der Waals surface area (Å²) in [6.07, 6.45) is 0.243. The van der Waals surface area contributed by atoms with Crippen molar-refractivity contribution in [3.63, 3.8) is 0 Å². The molecule has 20 heavy (non-hydrogen) atoms. The highest BCUT2D eigenvalue weighted by atomic mass is 32.1. The lowest BCUT2D eigenvalue weighted by atomic mass is 10.1. The minimum atomic E-state index is -0.247. The second-order valence-electron chi connectivity index (χ2n) is 4.11. The fraction of sp³-hybridized carbons (Fsp3) is 0.200. The quantitative estimate of drug-likeness (QED) is 0.860. The summed E-state index contributed by atoms with van der Waals surface area (Å²) >= 11 is 1.39. The van der Waals surface area contributed by atoms with Crippen LogP contribution in [0.2, 0.25) is 0 Å². The molecular weight excluding hydrogens is 274 g/mol. The van der Waals surface area contributed by atoms with E-state index in [0.717, 1.165) is 5.56 Å². The third kappa shape index (κ3) is 3.93. The van der Waals surface area contributed by atoms with Crippen LogP contribution in [0.3, 0.4) is 0 Å². The first-order chi connectivity index (χ1) is 9.69. The molecule has 1 amide bonds. The fourth-order valence-electron chi connectivity index (χ4n) is 1.69. The summed E-state index contributed by atoms with van der Waals surface area (Å²) in [5, 5.41) is 4.66. The van der Waals surface area contributed by atoms with E-state index in [-0.39, 0.29) is 18.3 Å². The predicted octanol–water partition coefficient (Wildman–Crippen LogP) is 3.11. The number of hydrogen-bond donors (Lipinski definition) is 1. The van der Waals surface area contributed by atoms with Gasteiger partial charge in [-0.3, -0.25) is 9.59 Å². The highest BCUT2D eigenvalue weighted by Crippen LogP contribution is 2.14.